The minimum Gasteiger partial charge on any atom is -0.468 e. The first kappa shape index (κ1) is 15.5. The van der Waals surface area contributed by atoms with Crippen molar-refractivity contribution in [2.45, 2.75) is 19.8 Å². The normalized spacial score (nSPS) is 16.0. The van der Waals surface area contributed by atoms with Crippen LogP contribution < -0.4 is 10.2 Å². The maximum atomic E-state index is 12.2. The molecule has 1 amide bonds. The summed E-state index contributed by atoms with van der Waals surface area (Å²) in [5, 5.41) is 2.73. The Morgan fingerprint density at radius 2 is 2.05 bits per heavy atom. The Bertz CT molecular complexity index is 508. The van der Waals surface area contributed by atoms with Crippen molar-refractivity contribution in [1.82, 2.24) is 5.32 Å². The lowest BCUT2D eigenvalue weighted by Crippen LogP contribution is -3.10. The Labute approximate surface area is 126 Å². The Kier molecular flexibility index (Phi) is 5.75. The van der Waals surface area contributed by atoms with Gasteiger partial charge in [0.15, 0.2) is 0 Å². The van der Waals surface area contributed by atoms with E-state index in [9.17, 15) is 4.79 Å². The van der Waals surface area contributed by atoms with Gasteiger partial charge in [0.25, 0.3) is 11.9 Å². The average Bonchev–Trinajstić information content (AvgIpc) is 2.99. The van der Waals surface area contributed by atoms with Crippen molar-refractivity contribution in [1.29, 1.82) is 0 Å². The highest BCUT2D eigenvalue weighted by atomic mass is 16.5. The van der Waals surface area contributed by atoms with Crippen LogP contribution in [0.5, 0.6) is 0 Å². The largest absolute Gasteiger partial charge is 0.468 e. The molecule has 114 valence electrons. The number of hydrogen-bond donors (Lipinski definition) is 2. The number of quaternary nitrogens is 1. The van der Waals surface area contributed by atoms with E-state index in [1.54, 1.807) is 11.0 Å². The number of aliphatic imine (C=N–C) groups is 1. The van der Waals surface area contributed by atoms with Gasteiger partial charge in [-0.3, -0.25) is 10.1 Å². The Morgan fingerprint density at radius 1 is 1.33 bits per heavy atom. The molecule has 1 aliphatic heterocycles. The van der Waals surface area contributed by atoms with Crippen molar-refractivity contribution in [2.24, 2.45) is 4.99 Å². The van der Waals surface area contributed by atoms with Crippen LogP contribution in [0.1, 0.15) is 28.8 Å². The number of benzene rings is 1. The van der Waals surface area contributed by atoms with Crippen molar-refractivity contribution < 1.29 is 14.4 Å². The number of carbonyl (C=O) groups is 1. The molecule has 2 rings (SSSR count). The SMILES string of the molecule is COC(=NCC[NH+]1CCCC1)NC(=O)c1ccccc1C. The number of methoxy groups -OCH3 is 1. The number of nitrogens with one attached hydrogen (secondary N) is 2. The second-order valence-corrected chi connectivity index (χ2v) is 5.37. The molecule has 21 heavy (non-hydrogen) atoms. The maximum Gasteiger partial charge on any atom is 0.291 e. The molecular formula is C16H24N3O2+. The van der Waals surface area contributed by atoms with Gasteiger partial charge in [0, 0.05) is 18.4 Å². The molecule has 0 atom stereocenters. The van der Waals surface area contributed by atoms with Crippen LogP contribution in [-0.4, -0.2) is 45.2 Å². The Hall–Kier alpha value is -1.88. The summed E-state index contributed by atoms with van der Waals surface area (Å²) >= 11 is 0. The smallest absolute Gasteiger partial charge is 0.291 e. The van der Waals surface area contributed by atoms with Gasteiger partial charge in [0.05, 0.1) is 33.3 Å². The van der Waals surface area contributed by atoms with Gasteiger partial charge in [0.2, 0.25) is 0 Å². The topological polar surface area (TPSA) is 55.1 Å². The minimum atomic E-state index is -0.179. The van der Waals surface area contributed by atoms with Crippen LogP contribution in [0.25, 0.3) is 0 Å². The summed E-state index contributed by atoms with van der Waals surface area (Å²) in [6.45, 7) is 6.04. The molecule has 1 heterocycles. The van der Waals surface area contributed by atoms with Crippen LogP contribution >= 0.6 is 0 Å². The van der Waals surface area contributed by atoms with E-state index in [-0.39, 0.29) is 5.91 Å². The first-order valence-corrected chi connectivity index (χ1v) is 7.49. The number of aryl methyl sites for hydroxylation is 1. The van der Waals surface area contributed by atoms with Gasteiger partial charge in [-0.05, 0) is 18.6 Å². The van der Waals surface area contributed by atoms with Crippen LogP contribution in [0.4, 0.5) is 0 Å². The van der Waals surface area contributed by atoms with E-state index in [1.807, 2.05) is 25.1 Å². The number of amidine groups is 1. The van der Waals surface area contributed by atoms with Crippen molar-refractivity contribution in [3.05, 3.63) is 35.4 Å². The highest BCUT2D eigenvalue weighted by molar-refractivity contribution is 6.04. The monoisotopic (exact) mass is 290 g/mol. The number of rotatable bonds is 4. The number of amides is 1. The van der Waals surface area contributed by atoms with E-state index in [0.29, 0.717) is 18.1 Å². The Balaban J connectivity index is 1.88. The van der Waals surface area contributed by atoms with Gasteiger partial charge in [-0.2, -0.15) is 0 Å². The van der Waals surface area contributed by atoms with Crippen molar-refractivity contribution >= 4 is 11.9 Å². The molecule has 1 aromatic rings. The van der Waals surface area contributed by atoms with Gasteiger partial charge in [-0.15, -0.1) is 0 Å². The molecule has 0 aromatic heterocycles. The summed E-state index contributed by atoms with van der Waals surface area (Å²) < 4.78 is 5.16. The van der Waals surface area contributed by atoms with Gasteiger partial charge in [-0.1, -0.05) is 18.2 Å². The zero-order valence-electron chi connectivity index (χ0n) is 12.8. The molecule has 5 nitrogen and oxygen atoms in total. The molecule has 1 fully saturated rings. The van der Waals surface area contributed by atoms with Crippen molar-refractivity contribution in [2.75, 3.05) is 33.3 Å². The van der Waals surface area contributed by atoms with Crippen molar-refractivity contribution in [3.8, 4) is 0 Å². The summed E-state index contributed by atoms with van der Waals surface area (Å²) in [7, 11) is 1.53. The lowest BCUT2D eigenvalue weighted by atomic mass is 10.1. The first-order valence-electron chi connectivity index (χ1n) is 7.49. The zero-order valence-corrected chi connectivity index (χ0v) is 12.8. The number of hydrogen-bond acceptors (Lipinski definition) is 3. The molecular weight excluding hydrogens is 266 g/mol. The van der Waals surface area contributed by atoms with E-state index in [1.165, 1.54) is 33.0 Å². The fraction of sp³-hybridized carbons (Fsp3) is 0.500. The van der Waals surface area contributed by atoms with Crippen molar-refractivity contribution in [3.63, 3.8) is 0 Å². The molecule has 0 aliphatic carbocycles. The summed E-state index contributed by atoms with van der Waals surface area (Å²) in [5.74, 6) is -0.179. The zero-order chi connectivity index (χ0) is 15.1. The molecule has 0 radical (unpaired) electrons. The van der Waals surface area contributed by atoms with Gasteiger partial charge in [-0.25, -0.2) is 4.99 Å². The van der Waals surface area contributed by atoms with E-state index in [2.05, 4.69) is 10.3 Å². The third-order valence-corrected chi connectivity index (χ3v) is 3.83. The molecule has 0 spiro atoms. The fourth-order valence-electron chi connectivity index (χ4n) is 2.59. The molecule has 0 saturated carbocycles. The van der Waals surface area contributed by atoms with Gasteiger partial charge in [0.1, 0.15) is 0 Å². The molecule has 1 aromatic carbocycles. The van der Waals surface area contributed by atoms with Crippen LogP contribution in [0.15, 0.2) is 29.3 Å². The van der Waals surface area contributed by atoms with Gasteiger partial charge < -0.3 is 9.64 Å². The Morgan fingerprint density at radius 3 is 2.71 bits per heavy atom. The van der Waals surface area contributed by atoms with Crippen LogP contribution in [0.3, 0.4) is 0 Å². The number of nitrogens with zero attached hydrogens (tertiary/aromatic N) is 1. The second kappa shape index (κ2) is 7.78. The van der Waals surface area contributed by atoms with Crippen LogP contribution in [-0.2, 0) is 4.74 Å². The van der Waals surface area contributed by atoms with Crippen LogP contribution in [0, 0.1) is 6.92 Å². The minimum absolute atomic E-state index is 0.179. The van der Waals surface area contributed by atoms with E-state index < -0.39 is 0 Å². The molecule has 0 unspecified atom stereocenters. The lowest BCUT2D eigenvalue weighted by Gasteiger charge is -2.11. The number of likely N-dealkylation sites (tertiary alicyclic amines) is 1. The summed E-state index contributed by atoms with van der Waals surface area (Å²) in [6.07, 6.45) is 2.61. The highest BCUT2D eigenvalue weighted by Crippen LogP contribution is 2.06. The second-order valence-electron chi connectivity index (χ2n) is 5.37. The third kappa shape index (κ3) is 4.56. The van der Waals surface area contributed by atoms with E-state index >= 15 is 0 Å². The van der Waals surface area contributed by atoms with Crippen LogP contribution in [0.2, 0.25) is 0 Å². The quantitative estimate of drug-likeness (QED) is 0.623. The first-order chi connectivity index (χ1) is 10.2. The predicted molar refractivity (Wildman–Crippen MR) is 82.8 cm³/mol. The lowest BCUT2D eigenvalue weighted by molar-refractivity contribution is -0.885. The fourth-order valence-corrected chi connectivity index (χ4v) is 2.59. The molecule has 2 N–H and O–H groups in total. The number of carbonyl (C=O) groups excluding carboxylic acids is 1. The predicted octanol–water partition coefficient (Wildman–Crippen LogP) is 0.406. The molecule has 1 aliphatic rings. The molecule has 5 heteroatoms. The average molecular weight is 290 g/mol. The van der Waals surface area contributed by atoms with E-state index in [0.717, 1.165) is 12.1 Å². The highest BCUT2D eigenvalue weighted by Gasteiger charge is 2.15. The number of ether oxygens (including phenoxy) is 1. The third-order valence-electron chi connectivity index (χ3n) is 3.83. The van der Waals surface area contributed by atoms with Gasteiger partial charge >= 0.3 is 0 Å². The molecule has 0 bridgehead atoms. The maximum absolute atomic E-state index is 12.2. The standard InChI is InChI=1S/C16H23N3O2/c1-13-7-3-4-8-14(13)15(20)18-16(21-2)17-9-12-19-10-5-6-11-19/h3-4,7-8H,5-6,9-12H2,1-2H3,(H,17,18,20)/p+1. The summed E-state index contributed by atoms with van der Waals surface area (Å²) in [4.78, 5) is 18.1. The molecule has 1 saturated heterocycles. The summed E-state index contributed by atoms with van der Waals surface area (Å²) in [6, 6.07) is 7.77. The summed E-state index contributed by atoms with van der Waals surface area (Å²) in [5.41, 5.74) is 1.58. The van der Waals surface area contributed by atoms with E-state index in [4.69, 9.17) is 4.74 Å².